The topological polar surface area (TPSA) is 84.9 Å². The van der Waals surface area contributed by atoms with Crippen LogP contribution in [0.1, 0.15) is 34.7 Å². The van der Waals surface area contributed by atoms with Crippen molar-refractivity contribution < 1.29 is 14.7 Å². The number of piperazine rings is 1. The molecule has 1 saturated carbocycles. The number of hydrogen-bond acceptors (Lipinski definition) is 5. The molecule has 0 bridgehead atoms. The number of nitrogens with one attached hydrogen (secondary N) is 2. The molecule has 7 heteroatoms. The molecule has 0 spiro atoms. The minimum Gasteiger partial charge on any atom is -0.380 e. The van der Waals surface area contributed by atoms with Crippen LogP contribution in [0.5, 0.6) is 0 Å². The molecule has 2 heterocycles. The molecule has 3 aliphatic rings. The number of carbonyl (C=O) groups excluding carboxylic acids is 2. The van der Waals surface area contributed by atoms with Crippen molar-refractivity contribution in [2.45, 2.75) is 24.4 Å². The summed E-state index contributed by atoms with van der Waals surface area (Å²) in [4.78, 5) is 28.6. The first kappa shape index (κ1) is 20.2. The molecule has 5 rings (SSSR count). The quantitative estimate of drug-likeness (QED) is 0.696. The van der Waals surface area contributed by atoms with Gasteiger partial charge in [-0.25, -0.2) is 0 Å². The molecule has 1 aliphatic carbocycles. The largest absolute Gasteiger partial charge is 0.380 e. The van der Waals surface area contributed by atoms with Crippen LogP contribution in [0.2, 0.25) is 0 Å². The van der Waals surface area contributed by atoms with E-state index < -0.39 is 5.60 Å². The molecule has 7 nitrogen and oxygen atoms in total. The van der Waals surface area contributed by atoms with Crippen molar-refractivity contribution in [1.82, 2.24) is 20.7 Å². The first-order chi connectivity index (χ1) is 15.0. The highest BCUT2D eigenvalue weighted by Crippen LogP contribution is 2.37. The van der Waals surface area contributed by atoms with Crippen LogP contribution in [0, 0.1) is 0 Å². The third-order valence-corrected chi connectivity index (χ3v) is 6.64. The van der Waals surface area contributed by atoms with Crippen LogP contribution in [0.4, 0.5) is 0 Å². The summed E-state index contributed by atoms with van der Waals surface area (Å²) >= 11 is 0. The Morgan fingerprint density at radius 2 is 1.32 bits per heavy atom. The average Bonchev–Trinajstić information content (AvgIpc) is 3.34. The van der Waals surface area contributed by atoms with E-state index in [0.717, 1.165) is 24.2 Å². The lowest BCUT2D eigenvalue weighted by Gasteiger charge is -2.35. The smallest absolute Gasteiger partial charge is 0.254 e. The molecule has 0 atom stereocenters. The molecule has 0 aromatic heterocycles. The molecule has 2 aromatic rings. The SMILES string of the molecule is O=C(c1ccc(-c2ccc(C3CNNC3)cc2)cc1)N1CCN(C(=O)C2(O)CC2)CC1. The number of rotatable bonds is 4. The van der Waals surface area contributed by atoms with Crippen LogP contribution < -0.4 is 10.9 Å². The van der Waals surface area contributed by atoms with Gasteiger partial charge in [0.15, 0.2) is 0 Å². The lowest BCUT2D eigenvalue weighted by Crippen LogP contribution is -2.53. The molecule has 3 fully saturated rings. The summed E-state index contributed by atoms with van der Waals surface area (Å²) in [5.74, 6) is 0.299. The minimum absolute atomic E-state index is 0.0136. The third kappa shape index (κ3) is 4.08. The van der Waals surface area contributed by atoms with Gasteiger partial charge < -0.3 is 14.9 Å². The summed E-state index contributed by atoms with van der Waals surface area (Å²) in [7, 11) is 0. The van der Waals surface area contributed by atoms with Gasteiger partial charge in [0.2, 0.25) is 0 Å². The van der Waals surface area contributed by atoms with Gasteiger partial charge in [0, 0.05) is 50.7 Å². The Morgan fingerprint density at radius 3 is 1.87 bits per heavy atom. The van der Waals surface area contributed by atoms with Gasteiger partial charge in [-0.15, -0.1) is 0 Å². The van der Waals surface area contributed by atoms with Crippen molar-refractivity contribution in [1.29, 1.82) is 0 Å². The van der Waals surface area contributed by atoms with Crippen LogP contribution in [-0.2, 0) is 4.79 Å². The monoisotopic (exact) mass is 420 g/mol. The van der Waals surface area contributed by atoms with E-state index in [9.17, 15) is 14.7 Å². The maximum Gasteiger partial charge on any atom is 0.254 e. The van der Waals surface area contributed by atoms with Crippen molar-refractivity contribution in [3.05, 3.63) is 59.7 Å². The number of hydrazine groups is 1. The maximum absolute atomic E-state index is 12.9. The van der Waals surface area contributed by atoms with Crippen molar-refractivity contribution >= 4 is 11.8 Å². The Labute approximate surface area is 182 Å². The molecule has 31 heavy (non-hydrogen) atoms. The van der Waals surface area contributed by atoms with E-state index in [4.69, 9.17) is 0 Å². The van der Waals surface area contributed by atoms with E-state index in [1.165, 1.54) is 5.56 Å². The Balaban J connectivity index is 1.20. The molecular formula is C24H28N4O3. The fraction of sp³-hybridized carbons (Fsp3) is 0.417. The number of nitrogens with zero attached hydrogens (tertiary/aromatic N) is 2. The lowest BCUT2D eigenvalue weighted by atomic mass is 9.96. The third-order valence-electron chi connectivity index (χ3n) is 6.64. The molecule has 2 amide bonds. The minimum atomic E-state index is -1.13. The number of hydrogen-bond donors (Lipinski definition) is 3. The summed E-state index contributed by atoms with van der Waals surface area (Å²) < 4.78 is 0. The molecule has 0 radical (unpaired) electrons. The van der Waals surface area contributed by atoms with E-state index in [-0.39, 0.29) is 11.8 Å². The fourth-order valence-corrected chi connectivity index (χ4v) is 4.37. The van der Waals surface area contributed by atoms with Crippen molar-refractivity contribution in [2.75, 3.05) is 39.3 Å². The molecule has 0 unspecified atom stereocenters. The van der Waals surface area contributed by atoms with Gasteiger partial charge in [0.25, 0.3) is 11.8 Å². The van der Waals surface area contributed by atoms with Gasteiger partial charge in [0.1, 0.15) is 5.60 Å². The van der Waals surface area contributed by atoms with Crippen LogP contribution in [-0.4, -0.2) is 71.6 Å². The second-order valence-corrected chi connectivity index (χ2v) is 8.77. The highest BCUT2D eigenvalue weighted by Gasteiger charge is 2.50. The van der Waals surface area contributed by atoms with E-state index in [1.807, 2.05) is 24.3 Å². The van der Waals surface area contributed by atoms with Crippen LogP contribution >= 0.6 is 0 Å². The lowest BCUT2D eigenvalue weighted by molar-refractivity contribution is -0.143. The van der Waals surface area contributed by atoms with Gasteiger partial charge in [-0.05, 0) is 41.7 Å². The second kappa shape index (κ2) is 8.07. The van der Waals surface area contributed by atoms with Gasteiger partial charge >= 0.3 is 0 Å². The molecule has 162 valence electrons. The number of amides is 2. The Morgan fingerprint density at radius 1 is 0.806 bits per heavy atom. The zero-order valence-electron chi connectivity index (χ0n) is 17.5. The predicted molar refractivity (Wildman–Crippen MR) is 117 cm³/mol. The molecule has 3 N–H and O–H groups in total. The Bertz CT molecular complexity index is 955. The van der Waals surface area contributed by atoms with Crippen molar-refractivity contribution in [3.63, 3.8) is 0 Å². The Hall–Kier alpha value is -2.74. The van der Waals surface area contributed by atoms with Crippen molar-refractivity contribution in [3.8, 4) is 11.1 Å². The summed E-state index contributed by atoms with van der Waals surface area (Å²) in [6.07, 6.45) is 1.10. The predicted octanol–water partition coefficient (Wildman–Crippen LogP) is 1.35. The first-order valence-corrected chi connectivity index (χ1v) is 11.0. The van der Waals surface area contributed by atoms with E-state index in [2.05, 4.69) is 35.1 Å². The molecule has 2 aliphatic heterocycles. The average molecular weight is 421 g/mol. The highest BCUT2D eigenvalue weighted by atomic mass is 16.3. The van der Waals surface area contributed by atoms with Gasteiger partial charge in [-0.3, -0.25) is 20.4 Å². The summed E-state index contributed by atoms with van der Waals surface area (Å²) in [6.45, 7) is 3.83. The fourth-order valence-electron chi connectivity index (χ4n) is 4.37. The molecule has 2 saturated heterocycles. The van der Waals surface area contributed by atoms with Crippen LogP contribution in [0.3, 0.4) is 0 Å². The van der Waals surface area contributed by atoms with Crippen LogP contribution in [0.15, 0.2) is 48.5 Å². The van der Waals surface area contributed by atoms with E-state index >= 15 is 0 Å². The summed E-state index contributed by atoms with van der Waals surface area (Å²) in [5, 5.41) is 10.0. The molecule has 2 aromatic carbocycles. The van der Waals surface area contributed by atoms with Crippen LogP contribution in [0.25, 0.3) is 11.1 Å². The Kier molecular flexibility index (Phi) is 5.25. The zero-order valence-corrected chi connectivity index (χ0v) is 17.5. The van der Waals surface area contributed by atoms with E-state index in [1.54, 1.807) is 9.80 Å². The summed E-state index contributed by atoms with van der Waals surface area (Å²) in [5.41, 5.74) is 9.38. The standard InChI is InChI=1S/C24H28N4O3/c29-22(27-11-13-28(14-12-27)23(30)24(31)9-10-24)20-7-5-18(6-8-20)17-1-3-19(4-2-17)21-15-25-26-16-21/h1-8,21,25-26,31H,9-16H2. The van der Waals surface area contributed by atoms with Gasteiger partial charge in [-0.2, -0.15) is 0 Å². The maximum atomic E-state index is 12.9. The number of benzene rings is 2. The normalized spacial score (nSPS) is 20.7. The summed E-state index contributed by atoms with van der Waals surface area (Å²) in [6, 6.07) is 16.3. The van der Waals surface area contributed by atoms with Gasteiger partial charge in [0.05, 0.1) is 0 Å². The van der Waals surface area contributed by atoms with Gasteiger partial charge in [-0.1, -0.05) is 36.4 Å². The van der Waals surface area contributed by atoms with Crippen molar-refractivity contribution in [2.24, 2.45) is 0 Å². The number of carbonyl (C=O) groups is 2. The highest BCUT2D eigenvalue weighted by molar-refractivity contribution is 5.95. The molecular weight excluding hydrogens is 392 g/mol. The first-order valence-electron chi connectivity index (χ1n) is 11.0. The number of aliphatic hydroxyl groups is 1. The second-order valence-electron chi connectivity index (χ2n) is 8.77. The van der Waals surface area contributed by atoms with E-state index in [0.29, 0.717) is 50.5 Å². The zero-order chi connectivity index (χ0) is 21.4.